The molecule has 2 atom stereocenters. The van der Waals surface area contributed by atoms with E-state index < -0.39 is 0 Å². The Hall–Kier alpha value is 0.679. The van der Waals surface area contributed by atoms with Crippen molar-refractivity contribution >= 4 is 0 Å². The standard InChI is InChI=1S/C12H25N3.C10H21N3.2Mn.3H2O/c1-13(2)6-8-15(5)9-7-14(3,4)11-12(15)10-13;1-11-4-6-13(3)7-5-12(2)9-10(13)8-11;;;;;/h1,3,6-11H2,2,4-5H3;4-9H2,1-3H3;;;3*1H2/q;;2*+3;;;. The number of nitrogens with zero attached hydrogens (tertiary/aromatic N) is 6. The van der Waals surface area contributed by atoms with Crippen molar-refractivity contribution < 1.29 is 68.5 Å². The molecule has 196 valence electrons. The van der Waals surface area contributed by atoms with Gasteiger partial charge in [-0.25, -0.2) is 0 Å². The van der Waals surface area contributed by atoms with E-state index in [9.17, 15) is 0 Å². The van der Waals surface area contributed by atoms with Gasteiger partial charge in [-0.2, -0.15) is 14.1 Å². The van der Waals surface area contributed by atoms with Gasteiger partial charge in [-0.1, -0.05) is 19.1 Å². The zero-order valence-corrected chi connectivity index (χ0v) is 24.2. The Bertz CT molecular complexity index is 532. The molecule has 0 bridgehead atoms. The fraction of sp³-hybridized carbons (Fsp3) is 0.818. The summed E-state index contributed by atoms with van der Waals surface area (Å²) in [5.74, 6) is 0. The summed E-state index contributed by atoms with van der Waals surface area (Å²) in [4.78, 5) is 4.88. The predicted octanol–water partition coefficient (Wildman–Crippen LogP) is -2.15. The summed E-state index contributed by atoms with van der Waals surface area (Å²) in [6.45, 7) is 14.6. The van der Waals surface area contributed by atoms with Crippen molar-refractivity contribution in [1.29, 1.82) is 0 Å². The summed E-state index contributed by atoms with van der Waals surface area (Å²) in [5, 5.41) is 0. The minimum Gasteiger partial charge on any atom is -0.475 e. The first kappa shape index (κ1) is 38.2. The summed E-state index contributed by atoms with van der Waals surface area (Å²) < 4.78 is 4.22. The molecule has 0 amide bonds. The molecule has 4 saturated heterocycles. The SMILES string of the molecule is CN1CC[N+]2(C)CCN(C)C[C-]2C1.O.O.O.[CH2-][N+]1(C)CC[N+]2(C)CC[N+]([CH2-])(C)C[C-]2C1.[Mn+3].[Mn+3]. The quantitative estimate of drug-likeness (QED) is 0.192. The Morgan fingerprint density at radius 1 is 0.576 bits per heavy atom. The van der Waals surface area contributed by atoms with Crippen LogP contribution in [0.1, 0.15) is 0 Å². The third-order valence-corrected chi connectivity index (χ3v) is 7.78. The monoisotopic (exact) mass is 558 g/mol. The van der Waals surface area contributed by atoms with Crippen LogP contribution < -0.4 is 0 Å². The van der Waals surface area contributed by atoms with Crippen LogP contribution in [-0.4, -0.2) is 165 Å². The number of rotatable bonds is 0. The maximum Gasteiger partial charge on any atom is 3.00 e. The van der Waals surface area contributed by atoms with E-state index in [4.69, 9.17) is 0 Å². The molecule has 4 aliphatic heterocycles. The van der Waals surface area contributed by atoms with Crippen LogP contribution in [0, 0.1) is 26.2 Å². The molecule has 4 fully saturated rings. The number of quaternary nitrogens is 4. The molecule has 0 aromatic rings. The molecule has 4 aliphatic rings. The molecule has 0 aromatic heterocycles. The van der Waals surface area contributed by atoms with Crippen LogP contribution in [0.25, 0.3) is 0 Å². The molecule has 0 radical (unpaired) electrons. The first-order valence-electron chi connectivity index (χ1n) is 11.0. The Morgan fingerprint density at radius 2 is 0.909 bits per heavy atom. The second kappa shape index (κ2) is 13.8. The van der Waals surface area contributed by atoms with Crippen LogP contribution in [0.5, 0.6) is 0 Å². The molecule has 33 heavy (non-hydrogen) atoms. The number of fused-ring (bicyclic) bond motifs is 2. The smallest absolute Gasteiger partial charge is 0.475 e. The van der Waals surface area contributed by atoms with Crippen LogP contribution in [-0.2, 0) is 34.1 Å². The van der Waals surface area contributed by atoms with E-state index >= 15 is 0 Å². The Labute approximate surface area is 224 Å². The van der Waals surface area contributed by atoms with E-state index in [-0.39, 0.29) is 50.6 Å². The topological polar surface area (TPSA) is 101 Å². The van der Waals surface area contributed by atoms with Crippen molar-refractivity contribution in [2.75, 3.05) is 121 Å². The number of hydrogen-bond donors (Lipinski definition) is 0. The van der Waals surface area contributed by atoms with Crippen molar-refractivity contribution in [3.63, 3.8) is 0 Å². The maximum atomic E-state index is 4.28. The summed E-state index contributed by atoms with van der Waals surface area (Å²) in [6, 6.07) is 3.34. The second-order valence-electron chi connectivity index (χ2n) is 11.3. The second-order valence-corrected chi connectivity index (χ2v) is 11.3. The van der Waals surface area contributed by atoms with Gasteiger partial charge in [0.15, 0.2) is 0 Å². The van der Waals surface area contributed by atoms with E-state index in [1.807, 2.05) is 0 Å². The van der Waals surface area contributed by atoms with E-state index in [0.29, 0.717) is 0 Å². The van der Waals surface area contributed by atoms with Crippen molar-refractivity contribution in [2.45, 2.75) is 0 Å². The van der Waals surface area contributed by atoms with Gasteiger partial charge in [-0.05, 0) is 33.2 Å². The Balaban J connectivity index is -0.000000477. The summed E-state index contributed by atoms with van der Waals surface area (Å²) in [7, 11) is 22.3. The summed E-state index contributed by atoms with van der Waals surface area (Å²) in [5.41, 5.74) is 0. The zero-order chi connectivity index (χ0) is 20.8. The van der Waals surface area contributed by atoms with Gasteiger partial charge in [-0.15, -0.1) is 0 Å². The van der Waals surface area contributed by atoms with Crippen LogP contribution in [0.4, 0.5) is 0 Å². The van der Waals surface area contributed by atoms with Crippen LogP contribution in [0.3, 0.4) is 0 Å². The average Bonchev–Trinajstić information content (AvgIpc) is 2.58. The van der Waals surface area contributed by atoms with Crippen molar-refractivity contribution in [3.8, 4) is 0 Å². The zero-order valence-electron chi connectivity index (χ0n) is 21.8. The van der Waals surface area contributed by atoms with Gasteiger partial charge in [0.25, 0.3) is 0 Å². The molecule has 6 N–H and O–H groups in total. The normalized spacial score (nSPS) is 36.4. The third-order valence-electron chi connectivity index (χ3n) is 7.78. The predicted molar refractivity (Wildman–Crippen MR) is 127 cm³/mol. The van der Waals surface area contributed by atoms with E-state index in [1.165, 1.54) is 74.4 Å². The minimum absolute atomic E-state index is 0. The summed E-state index contributed by atoms with van der Waals surface area (Å²) >= 11 is 0. The molecule has 4 rings (SSSR count). The van der Waals surface area contributed by atoms with E-state index in [1.54, 1.807) is 12.1 Å². The van der Waals surface area contributed by atoms with Gasteiger partial charge in [0.2, 0.25) is 0 Å². The minimum atomic E-state index is 0. The van der Waals surface area contributed by atoms with Crippen LogP contribution >= 0.6 is 0 Å². The average molecular weight is 559 g/mol. The number of hydrogen-bond acceptors (Lipinski definition) is 2. The molecule has 9 nitrogen and oxygen atoms in total. The molecular formula is C22H52Mn2N6O3+6. The van der Waals surface area contributed by atoms with Gasteiger partial charge >= 0.3 is 34.1 Å². The van der Waals surface area contributed by atoms with Gasteiger partial charge in [0, 0.05) is 41.3 Å². The van der Waals surface area contributed by atoms with Crippen molar-refractivity contribution in [3.05, 3.63) is 26.2 Å². The Morgan fingerprint density at radius 3 is 1.27 bits per heavy atom. The van der Waals surface area contributed by atoms with E-state index in [2.05, 4.69) is 66.2 Å². The van der Waals surface area contributed by atoms with Gasteiger partial charge in [0.05, 0.1) is 13.1 Å². The molecular weight excluding hydrogens is 506 g/mol. The van der Waals surface area contributed by atoms with Crippen LogP contribution in [0.2, 0.25) is 0 Å². The van der Waals surface area contributed by atoms with E-state index in [0.717, 1.165) is 22.1 Å². The Kier molecular flexibility index (Phi) is 16.0. The fourth-order valence-electron chi connectivity index (χ4n) is 5.17. The number of piperazine rings is 4. The van der Waals surface area contributed by atoms with Gasteiger partial charge < -0.3 is 44.2 Å². The first-order chi connectivity index (χ1) is 12.8. The largest absolute Gasteiger partial charge is 3.00 e. The fourth-order valence-corrected chi connectivity index (χ4v) is 5.17. The van der Waals surface area contributed by atoms with Gasteiger partial charge in [-0.3, -0.25) is 0 Å². The van der Waals surface area contributed by atoms with Crippen molar-refractivity contribution in [2.24, 2.45) is 0 Å². The molecule has 0 saturated carbocycles. The van der Waals surface area contributed by atoms with Crippen LogP contribution in [0.15, 0.2) is 0 Å². The molecule has 0 aromatic carbocycles. The molecule has 2 unspecified atom stereocenters. The maximum absolute atomic E-state index is 4.28. The first-order valence-corrected chi connectivity index (χ1v) is 11.0. The summed E-state index contributed by atoms with van der Waals surface area (Å²) in [6.07, 6.45) is 0. The third kappa shape index (κ3) is 9.57. The van der Waals surface area contributed by atoms with Gasteiger partial charge in [0.1, 0.15) is 26.2 Å². The molecule has 0 aliphatic carbocycles. The molecule has 0 spiro atoms. The van der Waals surface area contributed by atoms with Crippen molar-refractivity contribution in [1.82, 2.24) is 9.80 Å². The number of likely N-dealkylation sites (N-methyl/N-ethyl adjacent to an activating group) is 6. The molecule has 11 heteroatoms. The molecule has 4 heterocycles.